The van der Waals surface area contributed by atoms with Gasteiger partial charge in [0.2, 0.25) is 0 Å². The summed E-state index contributed by atoms with van der Waals surface area (Å²) in [6.07, 6.45) is 0. The van der Waals surface area contributed by atoms with E-state index in [2.05, 4.69) is 4.98 Å². The predicted molar refractivity (Wildman–Crippen MR) is 67.3 cm³/mol. The van der Waals surface area contributed by atoms with Gasteiger partial charge in [-0.1, -0.05) is 11.6 Å². The highest BCUT2D eigenvalue weighted by atomic mass is 35.5. The smallest absolute Gasteiger partial charge is 0.171 e. The van der Waals surface area contributed by atoms with Crippen molar-refractivity contribution < 1.29 is 9.18 Å². The Balaban J connectivity index is 2.57. The Kier molecular flexibility index (Phi) is 3.26. The molecule has 2 nitrogen and oxygen atoms in total. The second kappa shape index (κ2) is 4.55. The van der Waals surface area contributed by atoms with Crippen molar-refractivity contribution >= 4 is 28.7 Å². The van der Waals surface area contributed by atoms with Crippen molar-refractivity contribution in [2.75, 3.05) is 0 Å². The number of hydrogen-bond donors (Lipinski definition) is 0. The lowest BCUT2D eigenvalue weighted by atomic mass is 10.2. The van der Waals surface area contributed by atoms with E-state index in [4.69, 9.17) is 11.6 Å². The summed E-state index contributed by atoms with van der Waals surface area (Å²) in [7, 11) is 0. The van der Waals surface area contributed by atoms with Gasteiger partial charge in [-0.3, -0.25) is 4.79 Å². The molecule has 1 aromatic carbocycles. The first-order valence-electron chi connectivity index (χ1n) is 4.93. The lowest BCUT2D eigenvalue weighted by Crippen LogP contribution is -1.89. The average molecular weight is 270 g/mol. The van der Waals surface area contributed by atoms with Crippen LogP contribution in [0.25, 0.3) is 10.6 Å². The number of carbonyl (C=O) groups is 1. The van der Waals surface area contributed by atoms with E-state index in [1.807, 2.05) is 0 Å². The monoisotopic (exact) mass is 269 g/mol. The molecule has 1 heterocycles. The van der Waals surface area contributed by atoms with E-state index in [1.165, 1.54) is 36.5 Å². The van der Waals surface area contributed by atoms with Crippen LogP contribution < -0.4 is 0 Å². The Hall–Kier alpha value is -1.26. The lowest BCUT2D eigenvalue weighted by Gasteiger charge is -1.98. The standard InChI is InChI=1S/C12H9ClFNOS/c1-6-11(7(2)16)17-12(15-6)9-5-8(13)3-4-10(9)14/h3-5H,1-2H3. The zero-order valence-corrected chi connectivity index (χ0v) is 10.8. The van der Waals surface area contributed by atoms with Crippen LogP contribution in [0.5, 0.6) is 0 Å². The molecule has 5 heteroatoms. The number of benzene rings is 1. The van der Waals surface area contributed by atoms with Crippen LogP contribution in [0.1, 0.15) is 22.3 Å². The Morgan fingerprint density at radius 2 is 2.18 bits per heavy atom. The second-order valence-electron chi connectivity index (χ2n) is 3.61. The number of aryl methyl sites for hydroxylation is 1. The van der Waals surface area contributed by atoms with Crippen molar-refractivity contribution in [3.8, 4) is 10.6 Å². The van der Waals surface area contributed by atoms with Gasteiger partial charge in [0.15, 0.2) is 5.78 Å². The Morgan fingerprint density at radius 3 is 2.76 bits per heavy atom. The molecule has 0 aliphatic rings. The molecule has 0 fully saturated rings. The molecule has 0 aliphatic carbocycles. The van der Waals surface area contributed by atoms with Gasteiger partial charge in [-0.2, -0.15) is 0 Å². The van der Waals surface area contributed by atoms with Crippen LogP contribution in [0.15, 0.2) is 18.2 Å². The summed E-state index contributed by atoms with van der Waals surface area (Å²) >= 11 is 7.00. The van der Waals surface area contributed by atoms with Crippen molar-refractivity contribution in [1.29, 1.82) is 0 Å². The zero-order valence-electron chi connectivity index (χ0n) is 9.25. The van der Waals surface area contributed by atoms with Gasteiger partial charge in [0.1, 0.15) is 10.8 Å². The Bertz CT molecular complexity index is 594. The number of ketones is 1. The molecule has 0 amide bonds. The highest BCUT2D eigenvalue weighted by Crippen LogP contribution is 2.31. The van der Waals surface area contributed by atoms with Gasteiger partial charge in [0.05, 0.1) is 10.6 Å². The quantitative estimate of drug-likeness (QED) is 0.768. The highest BCUT2D eigenvalue weighted by Gasteiger charge is 2.15. The Morgan fingerprint density at radius 1 is 1.47 bits per heavy atom. The fourth-order valence-corrected chi connectivity index (χ4v) is 2.65. The van der Waals surface area contributed by atoms with Crippen LogP contribution in [-0.4, -0.2) is 10.8 Å². The minimum atomic E-state index is -0.391. The van der Waals surface area contributed by atoms with Crippen LogP contribution in [0.2, 0.25) is 5.02 Å². The van der Waals surface area contributed by atoms with Gasteiger partial charge in [0.25, 0.3) is 0 Å². The number of hydrogen-bond acceptors (Lipinski definition) is 3. The third kappa shape index (κ3) is 2.37. The van der Waals surface area contributed by atoms with E-state index in [9.17, 15) is 9.18 Å². The molecule has 0 aliphatic heterocycles. The Labute approximate surface area is 107 Å². The molecule has 0 radical (unpaired) electrons. The van der Waals surface area contributed by atoms with Crippen molar-refractivity contribution in [3.63, 3.8) is 0 Å². The number of Topliss-reactive ketones (excluding diaryl/α,β-unsaturated/α-hetero) is 1. The SMILES string of the molecule is CC(=O)c1sc(-c2cc(Cl)ccc2F)nc1C. The lowest BCUT2D eigenvalue weighted by molar-refractivity contribution is 0.102. The minimum absolute atomic E-state index is 0.0614. The van der Waals surface area contributed by atoms with E-state index in [0.717, 1.165) is 0 Å². The van der Waals surface area contributed by atoms with Crippen LogP contribution in [0.4, 0.5) is 4.39 Å². The summed E-state index contributed by atoms with van der Waals surface area (Å²) in [5.74, 6) is -0.452. The molecule has 17 heavy (non-hydrogen) atoms. The maximum absolute atomic E-state index is 13.6. The van der Waals surface area contributed by atoms with Gasteiger partial charge in [-0.25, -0.2) is 9.37 Å². The fourth-order valence-electron chi connectivity index (χ4n) is 1.50. The van der Waals surface area contributed by atoms with E-state index < -0.39 is 5.82 Å². The number of halogens is 2. The highest BCUT2D eigenvalue weighted by molar-refractivity contribution is 7.17. The molecule has 0 saturated heterocycles. The van der Waals surface area contributed by atoms with Crippen LogP contribution >= 0.6 is 22.9 Å². The maximum atomic E-state index is 13.6. The molecule has 0 atom stereocenters. The number of carbonyl (C=O) groups excluding carboxylic acids is 1. The van der Waals surface area contributed by atoms with Gasteiger partial charge in [-0.15, -0.1) is 11.3 Å². The van der Waals surface area contributed by atoms with Crippen molar-refractivity contribution in [3.05, 3.63) is 39.6 Å². The molecule has 0 N–H and O–H groups in total. The third-order valence-electron chi connectivity index (χ3n) is 2.28. The minimum Gasteiger partial charge on any atom is -0.294 e. The maximum Gasteiger partial charge on any atom is 0.171 e. The van der Waals surface area contributed by atoms with Crippen LogP contribution in [0, 0.1) is 12.7 Å². The van der Waals surface area contributed by atoms with Gasteiger partial charge < -0.3 is 0 Å². The van der Waals surface area contributed by atoms with E-state index in [-0.39, 0.29) is 5.78 Å². The average Bonchev–Trinajstić information content (AvgIpc) is 2.64. The van der Waals surface area contributed by atoms with Gasteiger partial charge >= 0.3 is 0 Å². The summed E-state index contributed by atoms with van der Waals surface area (Å²) in [6, 6.07) is 4.29. The molecule has 0 spiro atoms. The fraction of sp³-hybridized carbons (Fsp3) is 0.167. The number of rotatable bonds is 2. The van der Waals surface area contributed by atoms with Crippen molar-refractivity contribution in [2.45, 2.75) is 13.8 Å². The molecule has 0 bridgehead atoms. The van der Waals surface area contributed by atoms with E-state index in [0.29, 0.717) is 26.2 Å². The molecule has 0 saturated carbocycles. The number of nitrogens with zero attached hydrogens (tertiary/aromatic N) is 1. The summed E-state index contributed by atoms with van der Waals surface area (Å²) < 4.78 is 13.6. The normalized spacial score (nSPS) is 10.6. The summed E-state index contributed by atoms with van der Waals surface area (Å²) in [5.41, 5.74) is 0.954. The van der Waals surface area contributed by atoms with Crippen molar-refractivity contribution in [1.82, 2.24) is 4.98 Å². The largest absolute Gasteiger partial charge is 0.294 e. The van der Waals surface area contributed by atoms with Gasteiger partial charge in [-0.05, 0) is 25.1 Å². The van der Waals surface area contributed by atoms with Crippen molar-refractivity contribution in [2.24, 2.45) is 0 Å². The topological polar surface area (TPSA) is 30.0 Å². The van der Waals surface area contributed by atoms with Crippen LogP contribution in [-0.2, 0) is 0 Å². The first-order valence-corrected chi connectivity index (χ1v) is 6.12. The number of thiazole rings is 1. The zero-order chi connectivity index (χ0) is 12.6. The van der Waals surface area contributed by atoms with Crippen LogP contribution in [0.3, 0.4) is 0 Å². The third-order valence-corrected chi connectivity index (χ3v) is 3.80. The second-order valence-corrected chi connectivity index (χ2v) is 5.05. The summed E-state index contributed by atoms with van der Waals surface area (Å²) in [4.78, 5) is 16.1. The predicted octanol–water partition coefficient (Wildman–Crippen LogP) is 4.11. The van der Waals surface area contributed by atoms with E-state index >= 15 is 0 Å². The number of aromatic nitrogens is 1. The molecular formula is C12H9ClFNOS. The summed E-state index contributed by atoms with van der Waals surface area (Å²) in [5, 5.41) is 0.923. The molecule has 2 rings (SSSR count). The first-order chi connectivity index (χ1) is 7.99. The van der Waals surface area contributed by atoms with E-state index in [1.54, 1.807) is 6.92 Å². The molecule has 0 unspecified atom stereocenters. The summed E-state index contributed by atoms with van der Waals surface area (Å²) in [6.45, 7) is 3.21. The molecule has 2 aromatic rings. The molecular weight excluding hydrogens is 261 g/mol. The molecule has 1 aromatic heterocycles. The molecule has 88 valence electrons. The van der Waals surface area contributed by atoms with Gasteiger partial charge in [0, 0.05) is 17.5 Å². The first kappa shape index (κ1) is 12.2.